The molecule has 0 fully saturated rings. The normalized spacial score (nSPS) is 10.9. The van der Waals surface area contributed by atoms with Crippen molar-refractivity contribution in [1.82, 2.24) is 10.4 Å². The van der Waals surface area contributed by atoms with Crippen LogP contribution >= 0.6 is 11.6 Å². The van der Waals surface area contributed by atoms with E-state index in [0.29, 0.717) is 44.1 Å². The van der Waals surface area contributed by atoms with Crippen LogP contribution in [0.2, 0.25) is 5.02 Å². The zero-order chi connectivity index (χ0) is 23.2. The molecule has 0 spiro atoms. The molecule has 7 nitrogen and oxygen atoms in total. The molecule has 8 heteroatoms. The van der Waals surface area contributed by atoms with Gasteiger partial charge in [0.2, 0.25) is 0 Å². The van der Waals surface area contributed by atoms with Crippen LogP contribution in [0.4, 0.5) is 0 Å². The number of nitrogens with zero attached hydrogens (tertiary/aromatic N) is 2. The molecule has 4 aromatic rings. The minimum atomic E-state index is -1.09. The molecule has 0 atom stereocenters. The van der Waals surface area contributed by atoms with Crippen molar-refractivity contribution in [2.75, 3.05) is 6.61 Å². The van der Waals surface area contributed by atoms with Gasteiger partial charge in [-0.2, -0.15) is 5.10 Å². The summed E-state index contributed by atoms with van der Waals surface area (Å²) in [6.45, 7) is -0.481. The van der Waals surface area contributed by atoms with E-state index in [1.807, 2.05) is 42.5 Å². The lowest BCUT2D eigenvalue weighted by Gasteiger charge is -2.10. The quantitative estimate of drug-likeness (QED) is 0.306. The lowest BCUT2D eigenvalue weighted by atomic mass is 10.0. The van der Waals surface area contributed by atoms with Crippen LogP contribution in [0, 0.1) is 0 Å². The van der Waals surface area contributed by atoms with Crippen molar-refractivity contribution >= 4 is 40.6 Å². The number of carbonyl (C=O) groups is 2. The van der Waals surface area contributed by atoms with Gasteiger partial charge >= 0.3 is 5.97 Å². The molecule has 0 aliphatic carbocycles. The highest BCUT2D eigenvalue weighted by Crippen LogP contribution is 2.29. The fourth-order valence-corrected chi connectivity index (χ4v) is 3.48. The maximum Gasteiger partial charge on any atom is 0.341 e. The fraction of sp³-hybridized carbons (Fsp3) is 0.0400. The molecule has 2 N–H and O–H groups in total. The van der Waals surface area contributed by atoms with Crippen LogP contribution in [0.15, 0.2) is 84.0 Å². The van der Waals surface area contributed by atoms with Gasteiger partial charge in [0.05, 0.1) is 23.0 Å². The second-order valence-electron chi connectivity index (χ2n) is 6.97. The predicted octanol–water partition coefficient (Wildman–Crippen LogP) is 4.78. The van der Waals surface area contributed by atoms with Crippen LogP contribution in [0.5, 0.6) is 5.75 Å². The monoisotopic (exact) mass is 459 g/mol. The lowest BCUT2D eigenvalue weighted by Crippen LogP contribution is -2.18. The van der Waals surface area contributed by atoms with Gasteiger partial charge in [0.1, 0.15) is 5.75 Å². The number of rotatable bonds is 7. The number of hydrazone groups is 1. The van der Waals surface area contributed by atoms with Gasteiger partial charge in [0.25, 0.3) is 5.91 Å². The Morgan fingerprint density at radius 2 is 1.76 bits per heavy atom. The van der Waals surface area contributed by atoms with Crippen molar-refractivity contribution in [3.05, 3.63) is 95.0 Å². The Morgan fingerprint density at radius 1 is 1.03 bits per heavy atom. The molecule has 1 aromatic heterocycles. The van der Waals surface area contributed by atoms with E-state index in [4.69, 9.17) is 21.4 Å². The molecule has 33 heavy (non-hydrogen) atoms. The second-order valence-corrected chi connectivity index (χ2v) is 7.38. The standard InChI is InChI=1S/C25H18ClN3O4/c26-20-10-4-2-9-18(20)22-13-19(17-8-3-5-11-21(17)28-22)25(32)29-27-14-16-7-1-6-12-23(16)33-15-24(30)31/h1-14H,15H2,(H,29,32)(H,30,31)/b27-14+. The first-order valence-electron chi connectivity index (χ1n) is 9.94. The van der Waals surface area contributed by atoms with Gasteiger partial charge in [-0.25, -0.2) is 15.2 Å². The minimum absolute atomic E-state index is 0.341. The molecule has 1 heterocycles. The maximum atomic E-state index is 13.0. The van der Waals surface area contributed by atoms with Crippen molar-refractivity contribution < 1.29 is 19.4 Å². The van der Waals surface area contributed by atoms with Crippen molar-refractivity contribution in [3.63, 3.8) is 0 Å². The number of nitrogens with one attached hydrogen (secondary N) is 1. The van der Waals surface area contributed by atoms with E-state index in [2.05, 4.69) is 15.5 Å². The molecule has 1 amide bonds. The molecule has 0 unspecified atom stereocenters. The van der Waals surface area contributed by atoms with Gasteiger partial charge < -0.3 is 9.84 Å². The summed E-state index contributed by atoms with van der Waals surface area (Å²) in [5, 5.41) is 14.1. The summed E-state index contributed by atoms with van der Waals surface area (Å²) in [6, 6.07) is 23.1. The topological polar surface area (TPSA) is 101 Å². The maximum absolute atomic E-state index is 13.0. The number of carboxylic acids is 1. The average molecular weight is 460 g/mol. The van der Waals surface area contributed by atoms with Crippen LogP contribution in [0.3, 0.4) is 0 Å². The van der Waals surface area contributed by atoms with E-state index < -0.39 is 18.5 Å². The third kappa shape index (κ3) is 5.16. The highest BCUT2D eigenvalue weighted by Gasteiger charge is 2.15. The van der Waals surface area contributed by atoms with E-state index in [1.165, 1.54) is 6.21 Å². The zero-order valence-electron chi connectivity index (χ0n) is 17.2. The van der Waals surface area contributed by atoms with E-state index in [9.17, 15) is 9.59 Å². The number of para-hydroxylation sites is 2. The second kappa shape index (κ2) is 9.93. The van der Waals surface area contributed by atoms with Gasteiger partial charge in [-0.3, -0.25) is 4.79 Å². The third-order valence-corrected chi connectivity index (χ3v) is 5.08. The summed E-state index contributed by atoms with van der Waals surface area (Å²) < 4.78 is 5.25. The Bertz CT molecular complexity index is 1370. The van der Waals surface area contributed by atoms with E-state index >= 15 is 0 Å². The van der Waals surface area contributed by atoms with Gasteiger partial charge in [0.15, 0.2) is 6.61 Å². The number of fused-ring (bicyclic) bond motifs is 1. The van der Waals surface area contributed by atoms with Crippen molar-refractivity contribution in [2.45, 2.75) is 0 Å². The van der Waals surface area contributed by atoms with Gasteiger partial charge in [-0.05, 0) is 30.3 Å². The molecule has 3 aromatic carbocycles. The number of halogens is 1. The first kappa shape index (κ1) is 22.0. The zero-order valence-corrected chi connectivity index (χ0v) is 18.0. The number of pyridine rings is 1. The SMILES string of the molecule is O=C(O)COc1ccccc1/C=N/NC(=O)c1cc(-c2ccccc2Cl)nc2ccccc12. The molecular formula is C25H18ClN3O4. The Morgan fingerprint density at radius 3 is 2.58 bits per heavy atom. The number of amides is 1. The third-order valence-electron chi connectivity index (χ3n) is 4.75. The lowest BCUT2D eigenvalue weighted by molar-refractivity contribution is -0.139. The molecule has 0 saturated carbocycles. The summed E-state index contributed by atoms with van der Waals surface area (Å²) in [5.41, 5.74) is 5.37. The van der Waals surface area contributed by atoms with Crippen LogP contribution in [-0.4, -0.2) is 34.8 Å². The number of ether oxygens (including phenoxy) is 1. The summed E-state index contributed by atoms with van der Waals surface area (Å²) in [5.74, 6) is -1.18. The molecule has 0 saturated heterocycles. The number of hydrogen-bond donors (Lipinski definition) is 2. The summed E-state index contributed by atoms with van der Waals surface area (Å²) in [4.78, 5) is 28.5. The van der Waals surface area contributed by atoms with Crippen molar-refractivity contribution in [1.29, 1.82) is 0 Å². The van der Waals surface area contributed by atoms with Crippen molar-refractivity contribution in [3.8, 4) is 17.0 Å². The molecule has 0 aliphatic rings. The predicted molar refractivity (Wildman–Crippen MR) is 127 cm³/mol. The van der Waals surface area contributed by atoms with Crippen molar-refractivity contribution in [2.24, 2.45) is 5.10 Å². The van der Waals surface area contributed by atoms with Crippen LogP contribution in [-0.2, 0) is 4.79 Å². The highest BCUT2D eigenvalue weighted by atomic mass is 35.5. The molecule has 4 rings (SSSR count). The largest absolute Gasteiger partial charge is 0.481 e. The van der Waals surface area contributed by atoms with Crippen LogP contribution in [0.1, 0.15) is 15.9 Å². The van der Waals surface area contributed by atoms with E-state index in [0.717, 1.165) is 0 Å². The van der Waals surface area contributed by atoms with Crippen LogP contribution in [0.25, 0.3) is 22.2 Å². The molecule has 164 valence electrons. The highest BCUT2D eigenvalue weighted by molar-refractivity contribution is 6.33. The molecule has 0 aliphatic heterocycles. The van der Waals surface area contributed by atoms with E-state index in [1.54, 1.807) is 36.4 Å². The Hall–Kier alpha value is -4.23. The molecule has 0 bridgehead atoms. The Kier molecular flexibility index (Phi) is 6.61. The first-order valence-corrected chi connectivity index (χ1v) is 10.3. The molecular weight excluding hydrogens is 442 g/mol. The average Bonchev–Trinajstić information content (AvgIpc) is 2.83. The molecule has 0 radical (unpaired) electrons. The smallest absolute Gasteiger partial charge is 0.341 e. The first-order chi connectivity index (χ1) is 16.0. The summed E-state index contributed by atoms with van der Waals surface area (Å²) in [6.07, 6.45) is 1.40. The number of hydrogen-bond acceptors (Lipinski definition) is 5. The van der Waals surface area contributed by atoms with Gasteiger partial charge in [-0.1, -0.05) is 60.1 Å². The van der Waals surface area contributed by atoms with Gasteiger partial charge in [-0.15, -0.1) is 0 Å². The number of aliphatic carboxylic acids is 1. The summed E-state index contributed by atoms with van der Waals surface area (Å²) >= 11 is 6.34. The fourth-order valence-electron chi connectivity index (χ4n) is 3.25. The number of benzene rings is 3. The minimum Gasteiger partial charge on any atom is -0.481 e. The van der Waals surface area contributed by atoms with Gasteiger partial charge in [0, 0.05) is 21.5 Å². The van der Waals surface area contributed by atoms with E-state index in [-0.39, 0.29) is 0 Å². The van der Waals surface area contributed by atoms with Crippen LogP contribution < -0.4 is 10.2 Å². The summed E-state index contributed by atoms with van der Waals surface area (Å²) in [7, 11) is 0. The Labute approximate surface area is 194 Å². The number of carboxylic acid groups (broad SMARTS) is 1. The number of aromatic nitrogens is 1. The number of carbonyl (C=O) groups excluding carboxylic acids is 1. The Balaban J connectivity index is 1.63.